The van der Waals surface area contributed by atoms with Gasteiger partial charge in [-0.2, -0.15) is 0 Å². The fraction of sp³-hybridized carbons (Fsp3) is 0.833. The minimum atomic E-state index is -0.376. The van der Waals surface area contributed by atoms with E-state index in [4.69, 9.17) is 17.0 Å². The van der Waals surface area contributed by atoms with E-state index in [2.05, 4.69) is 16.0 Å². The first-order valence-corrected chi connectivity index (χ1v) is 6.44. The Kier molecular flexibility index (Phi) is 7.16. The van der Waals surface area contributed by atoms with Crippen molar-refractivity contribution in [3.63, 3.8) is 0 Å². The maximum absolute atomic E-state index is 11.8. The lowest BCUT2D eigenvalue weighted by atomic mass is 10.1. The van der Waals surface area contributed by atoms with Gasteiger partial charge in [0.2, 0.25) is 5.91 Å². The van der Waals surface area contributed by atoms with E-state index in [1.54, 1.807) is 14.0 Å². The summed E-state index contributed by atoms with van der Waals surface area (Å²) >= 11 is 5.12. The van der Waals surface area contributed by atoms with Gasteiger partial charge in [0.05, 0.1) is 6.61 Å². The van der Waals surface area contributed by atoms with Crippen molar-refractivity contribution in [2.75, 3.05) is 13.7 Å². The Morgan fingerprint density at radius 2 is 1.83 bits per heavy atom. The van der Waals surface area contributed by atoms with E-state index in [9.17, 15) is 4.79 Å². The van der Waals surface area contributed by atoms with Gasteiger partial charge in [-0.1, -0.05) is 0 Å². The number of methoxy groups -OCH3 is 1. The van der Waals surface area contributed by atoms with Gasteiger partial charge in [-0.15, -0.1) is 0 Å². The molecule has 0 saturated heterocycles. The van der Waals surface area contributed by atoms with Crippen LogP contribution in [0.2, 0.25) is 0 Å². The van der Waals surface area contributed by atoms with Gasteiger partial charge in [0, 0.05) is 18.7 Å². The monoisotopic (exact) mass is 275 g/mol. The lowest BCUT2D eigenvalue weighted by Crippen LogP contribution is -2.53. The maximum Gasteiger partial charge on any atom is 0.242 e. The summed E-state index contributed by atoms with van der Waals surface area (Å²) in [6.07, 6.45) is 0. The third-order valence-electron chi connectivity index (χ3n) is 2.03. The van der Waals surface area contributed by atoms with E-state index in [1.807, 2.05) is 27.7 Å². The Balaban J connectivity index is 4.11. The van der Waals surface area contributed by atoms with Gasteiger partial charge in [-0.3, -0.25) is 4.79 Å². The van der Waals surface area contributed by atoms with Crippen LogP contribution in [0.15, 0.2) is 0 Å². The fourth-order valence-electron chi connectivity index (χ4n) is 1.30. The Bertz CT molecular complexity index is 290. The molecular weight excluding hydrogens is 250 g/mol. The molecule has 0 aromatic rings. The molecule has 0 saturated carbocycles. The van der Waals surface area contributed by atoms with Gasteiger partial charge in [-0.25, -0.2) is 0 Å². The van der Waals surface area contributed by atoms with Crippen LogP contribution in [0.4, 0.5) is 0 Å². The molecule has 0 rings (SSSR count). The van der Waals surface area contributed by atoms with Crippen LogP contribution >= 0.6 is 12.2 Å². The second kappa shape index (κ2) is 7.53. The van der Waals surface area contributed by atoms with E-state index in [-0.39, 0.29) is 23.5 Å². The van der Waals surface area contributed by atoms with Crippen LogP contribution in [0.1, 0.15) is 34.6 Å². The highest BCUT2D eigenvalue weighted by atomic mass is 32.1. The molecule has 2 unspecified atom stereocenters. The number of hydrogen-bond acceptors (Lipinski definition) is 3. The van der Waals surface area contributed by atoms with Gasteiger partial charge in [0.15, 0.2) is 5.11 Å². The third-order valence-corrected chi connectivity index (χ3v) is 2.27. The molecule has 0 aliphatic carbocycles. The van der Waals surface area contributed by atoms with Gasteiger partial charge in [0.25, 0.3) is 0 Å². The van der Waals surface area contributed by atoms with Crippen molar-refractivity contribution in [3.8, 4) is 0 Å². The predicted molar refractivity (Wildman–Crippen MR) is 77.6 cm³/mol. The lowest BCUT2D eigenvalue weighted by molar-refractivity contribution is -0.123. The average molecular weight is 275 g/mol. The highest BCUT2D eigenvalue weighted by Crippen LogP contribution is 1.99. The van der Waals surface area contributed by atoms with Crippen molar-refractivity contribution in [2.45, 2.75) is 52.2 Å². The second-order valence-electron chi connectivity index (χ2n) is 5.44. The first kappa shape index (κ1) is 17.1. The summed E-state index contributed by atoms with van der Waals surface area (Å²) < 4.78 is 4.99. The predicted octanol–water partition coefficient (Wildman–Crippen LogP) is 0.789. The van der Waals surface area contributed by atoms with Crippen LogP contribution in [0.5, 0.6) is 0 Å². The molecule has 0 radical (unpaired) electrons. The van der Waals surface area contributed by atoms with Crippen molar-refractivity contribution in [1.29, 1.82) is 0 Å². The smallest absolute Gasteiger partial charge is 0.242 e. The second-order valence-corrected chi connectivity index (χ2v) is 5.84. The molecule has 0 aliphatic heterocycles. The first-order valence-electron chi connectivity index (χ1n) is 6.03. The standard InChI is InChI=1S/C12H25N3O2S/c1-8(7-17-6)13-11(18)14-9(2)10(16)15-12(3,4)5/h8-9H,7H2,1-6H3,(H,15,16)(H2,13,14,18). The van der Waals surface area contributed by atoms with Crippen LogP contribution in [0.3, 0.4) is 0 Å². The average Bonchev–Trinajstić information content (AvgIpc) is 2.14. The zero-order chi connectivity index (χ0) is 14.3. The number of hydrogen-bond donors (Lipinski definition) is 3. The molecule has 5 nitrogen and oxygen atoms in total. The van der Waals surface area contributed by atoms with Crippen LogP contribution in [-0.4, -0.2) is 42.4 Å². The van der Waals surface area contributed by atoms with E-state index < -0.39 is 0 Å². The quantitative estimate of drug-likeness (QED) is 0.648. The van der Waals surface area contributed by atoms with Crippen molar-refractivity contribution in [2.24, 2.45) is 0 Å². The van der Waals surface area contributed by atoms with Crippen molar-refractivity contribution >= 4 is 23.2 Å². The minimum Gasteiger partial charge on any atom is -0.383 e. The molecule has 6 heteroatoms. The zero-order valence-electron chi connectivity index (χ0n) is 12.1. The summed E-state index contributed by atoms with van der Waals surface area (Å²) in [6.45, 7) is 10.1. The molecule has 3 N–H and O–H groups in total. The molecular formula is C12H25N3O2S. The minimum absolute atomic E-state index is 0.0777. The molecule has 0 spiro atoms. The van der Waals surface area contributed by atoms with Crippen LogP contribution in [0, 0.1) is 0 Å². The van der Waals surface area contributed by atoms with Crippen molar-refractivity contribution in [1.82, 2.24) is 16.0 Å². The molecule has 1 amide bonds. The summed E-state index contributed by atoms with van der Waals surface area (Å²) in [5.41, 5.74) is -0.245. The molecule has 0 heterocycles. The SMILES string of the molecule is COCC(C)NC(=S)NC(C)C(=O)NC(C)(C)C. The summed E-state index contributed by atoms with van der Waals surface area (Å²) in [5, 5.41) is 9.33. The highest BCUT2D eigenvalue weighted by Gasteiger charge is 2.19. The Morgan fingerprint density at radius 3 is 2.28 bits per heavy atom. The Morgan fingerprint density at radius 1 is 1.28 bits per heavy atom. The molecule has 2 atom stereocenters. The third kappa shape index (κ3) is 8.25. The van der Waals surface area contributed by atoms with Crippen LogP contribution in [-0.2, 0) is 9.53 Å². The summed E-state index contributed by atoms with van der Waals surface area (Å²) in [7, 11) is 1.63. The van der Waals surface area contributed by atoms with E-state index in [0.717, 1.165) is 0 Å². The molecule has 0 aliphatic rings. The van der Waals surface area contributed by atoms with Crippen molar-refractivity contribution < 1.29 is 9.53 Å². The van der Waals surface area contributed by atoms with Gasteiger partial charge >= 0.3 is 0 Å². The number of nitrogens with one attached hydrogen (secondary N) is 3. The number of rotatable bonds is 5. The van der Waals surface area contributed by atoms with E-state index in [1.165, 1.54) is 0 Å². The van der Waals surface area contributed by atoms with Gasteiger partial charge in [0.1, 0.15) is 6.04 Å². The fourth-order valence-corrected chi connectivity index (χ4v) is 1.68. The topological polar surface area (TPSA) is 62.4 Å². The summed E-state index contributed by atoms with van der Waals surface area (Å²) in [4.78, 5) is 11.8. The zero-order valence-corrected chi connectivity index (χ0v) is 12.9. The number of carbonyl (C=O) groups is 1. The van der Waals surface area contributed by atoms with Gasteiger partial charge in [-0.05, 0) is 46.8 Å². The van der Waals surface area contributed by atoms with E-state index >= 15 is 0 Å². The summed E-state index contributed by atoms with van der Waals surface area (Å²) in [6, 6.07) is -0.271. The molecule has 0 aromatic heterocycles. The van der Waals surface area contributed by atoms with Crippen LogP contribution < -0.4 is 16.0 Å². The normalized spacial score (nSPS) is 14.6. The first-order chi connectivity index (χ1) is 8.15. The molecule has 106 valence electrons. The Labute approximate surface area is 115 Å². The largest absolute Gasteiger partial charge is 0.383 e. The molecule has 18 heavy (non-hydrogen) atoms. The molecule has 0 fully saturated rings. The van der Waals surface area contributed by atoms with Crippen molar-refractivity contribution in [3.05, 3.63) is 0 Å². The highest BCUT2D eigenvalue weighted by molar-refractivity contribution is 7.80. The maximum atomic E-state index is 11.8. The number of ether oxygens (including phenoxy) is 1. The number of thiocarbonyl (C=S) groups is 1. The van der Waals surface area contributed by atoms with Gasteiger partial charge < -0.3 is 20.7 Å². The van der Waals surface area contributed by atoms with Crippen LogP contribution in [0.25, 0.3) is 0 Å². The van der Waals surface area contributed by atoms with E-state index in [0.29, 0.717) is 11.7 Å². The lowest BCUT2D eigenvalue weighted by Gasteiger charge is -2.25. The number of carbonyl (C=O) groups excluding carboxylic acids is 1. The summed E-state index contributed by atoms with van der Waals surface area (Å²) in [5.74, 6) is -0.0777. The Hall–Kier alpha value is -0.880. The molecule has 0 aromatic carbocycles. The number of amides is 1. The molecule has 0 bridgehead atoms.